The van der Waals surface area contributed by atoms with E-state index in [2.05, 4.69) is 15.4 Å². The Labute approximate surface area is 132 Å². The maximum absolute atomic E-state index is 12.0. The number of rotatable bonds is 3. The van der Waals surface area contributed by atoms with Gasteiger partial charge in [-0.25, -0.2) is 9.36 Å². The minimum Gasteiger partial charge on any atom is -0.423 e. The summed E-state index contributed by atoms with van der Waals surface area (Å²) in [6.07, 6.45) is 0. The van der Waals surface area contributed by atoms with Crippen molar-refractivity contribution < 1.29 is 8.94 Å². The number of aromatic nitrogens is 4. The van der Waals surface area contributed by atoms with Gasteiger partial charge in [-0.05, 0) is 12.5 Å². The molecule has 0 saturated carbocycles. The third-order valence-electron chi connectivity index (χ3n) is 3.47. The third kappa shape index (κ3) is 2.94. The molecule has 2 heterocycles. The lowest BCUT2D eigenvalue weighted by Gasteiger charge is -2.11. The molecular weight excluding hydrogens is 296 g/mol. The fourth-order valence-electron chi connectivity index (χ4n) is 2.18. The second-order valence-corrected chi connectivity index (χ2v) is 6.42. The number of hydrogen-bond acceptors (Lipinski definition) is 6. The average molecular weight is 314 g/mol. The van der Waals surface area contributed by atoms with E-state index < -0.39 is 5.76 Å². The van der Waals surface area contributed by atoms with Crippen molar-refractivity contribution in [2.45, 2.75) is 39.7 Å². The zero-order valence-corrected chi connectivity index (χ0v) is 13.5. The number of aryl methyl sites for hydroxylation is 1. The van der Waals surface area contributed by atoms with E-state index in [1.807, 2.05) is 52.0 Å². The minimum atomic E-state index is -0.557. The fraction of sp³-hybridized carbons (Fsp3) is 0.375. The predicted molar refractivity (Wildman–Crippen MR) is 83.0 cm³/mol. The Morgan fingerprint density at radius 3 is 2.57 bits per heavy atom. The molecule has 0 aliphatic heterocycles. The molecule has 2 aromatic heterocycles. The Morgan fingerprint density at radius 1 is 1.17 bits per heavy atom. The van der Waals surface area contributed by atoms with Gasteiger partial charge in [-0.2, -0.15) is 0 Å². The van der Waals surface area contributed by atoms with Crippen LogP contribution in [0.25, 0.3) is 11.4 Å². The highest BCUT2D eigenvalue weighted by atomic mass is 16.5. The Bertz CT molecular complexity index is 883. The lowest BCUT2D eigenvalue weighted by molar-refractivity contribution is 0.355. The first-order chi connectivity index (χ1) is 10.9. The van der Waals surface area contributed by atoms with Gasteiger partial charge in [-0.3, -0.25) is 4.52 Å². The van der Waals surface area contributed by atoms with Crippen LogP contribution in [-0.2, 0) is 12.0 Å². The highest BCUT2D eigenvalue weighted by Crippen LogP contribution is 2.23. The molecule has 7 heteroatoms. The molecule has 0 fully saturated rings. The molecule has 0 unspecified atom stereocenters. The predicted octanol–water partition coefficient (Wildman–Crippen LogP) is 2.54. The summed E-state index contributed by atoms with van der Waals surface area (Å²) < 4.78 is 11.9. The van der Waals surface area contributed by atoms with Crippen LogP contribution in [0.3, 0.4) is 0 Å². The molecule has 0 aliphatic carbocycles. The zero-order valence-electron chi connectivity index (χ0n) is 13.5. The molecule has 1 aromatic carbocycles. The largest absolute Gasteiger partial charge is 0.442 e. The summed E-state index contributed by atoms with van der Waals surface area (Å²) in [5, 5.41) is 11.9. The molecule has 0 bridgehead atoms. The second kappa shape index (κ2) is 5.49. The molecule has 3 aromatic rings. The number of hydrogen-bond donors (Lipinski definition) is 0. The third-order valence-corrected chi connectivity index (χ3v) is 3.47. The summed E-state index contributed by atoms with van der Waals surface area (Å²) in [4.78, 5) is 12.0. The van der Waals surface area contributed by atoms with E-state index in [0.717, 1.165) is 11.1 Å². The molecule has 23 heavy (non-hydrogen) atoms. The van der Waals surface area contributed by atoms with E-state index in [1.54, 1.807) is 0 Å². The van der Waals surface area contributed by atoms with Gasteiger partial charge >= 0.3 is 5.76 Å². The Hall–Kier alpha value is -2.70. The summed E-state index contributed by atoms with van der Waals surface area (Å²) in [6.45, 7) is 8.01. The lowest BCUT2D eigenvalue weighted by atomic mass is 9.97. The van der Waals surface area contributed by atoms with E-state index in [9.17, 15) is 4.79 Å². The van der Waals surface area contributed by atoms with Gasteiger partial charge in [0.05, 0.1) is 0 Å². The van der Waals surface area contributed by atoms with Gasteiger partial charge in [0.15, 0.2) is 5.82 Å². The van der Waals surface area contributed by atoms with Gasteiger partial charge in [-0.1, -0.05) is 50.2 Å². The van der Waals surface area contributed by atoms with Crippen LogP contribution in [0, 0.1) is 6.92 Å². The van der Waals surface area contributed by atoms with Gasteiger partial charge in [-0.15, -0.1) is 10.2 Å². The highest BCUT2D eigenvalue weighted by molar-refractivity contribution is 5.59. The van der Waals surface area contributed by atoms with Crippen molar-refractivity contribution >= 4 is 0 Å². The lowest BCUT2D eigenvalue weighted by Crippen LogP contribution is -2.16. The standard InChI is InChI=1S/C16H18N4O3/c1-10-7-5-6-8-11(10)13-19-23-15(21)20(13)9-12-17-18-14(22-12)16(2,3)4/h5-8H,9H2,1-4H3. The fourth-order valence-corrected chi connectivity index (χ4v) is 2.18. The first-order valence-corrected chi connectivity index (χ1v) is 7.31. The molecule has 3 rings (SSSR count). The van der Waals surface area contributed by atoms with Crippen LogP contribution < -0.4 is 5.76 Å². The minimum absolute atomic E-state index is 0.120. The maximum Gasteiger partial charge on any atom is 0.442 e. The Balaban J connectivity index is 1.99. The van der Waals surface area contributed by atoms with Crippen LogP contribution in [0.4, 0.5) is 0 Å². The van der Waals surface area contributed by atoms with Crippen LogP contribution in [0.15, 0.2) is 38.0 Å². The summed E-state index contributed by atoms with van der Waals surface area (Å²) in [5.41, 5.74) is 1.58. The molecule has 0 atom stereocenters. The van der Waals surface area contributed by atoms with Crippen LogP contribution >= 0.6 is 0 Å². The van der Waals surface area contributed by atoms with Gasteiger partial charge in [0, 0.05) is 11.0 Å². The summed E-state index contributed by atoms with van der Waals surface area (Å²) in [5.74, 6) is 0.756. The van der Waals surface area contributed by atoms with E-state index >= 15 is 0 Å². The highest BCUT2D eigenvalue weighted by Gasteiger charge is 2.23. The smallest absolute Gasteiger partial charge is 0.423 e. The number of benzene rings is 1. The zero-order chi connectivity index (χ0) is 16.6. The van der Waals surface area contributed by atoms with Gasteiger partial charge in [0.25, 0.3) is 0 Å². The summed E-state index contributed by atoms with van der Waals surface area (Å²) >= 11 is 0. The van der Waals surface area contributed by atoms with Crippen LogP contribution in [0.1, 0.15) is 38.1 Å². The van der Waals surface area contributed by atoms with Crippen molar-refractivity contribution in [1.29, 1.82) is 0 Å². The van der Waals surface area contributed by atoms with Gasteiger partial charge in [0.1, 0.15) is 6.54 Å². The van der Waals surface area contributed by atoms with Gasteiger partial charge < -0.3 is 4.42 Å². The molecule has 0 saturated heterocycles. The van der Waals surface area contributed by atoms with Crippen LogP contribution in [-0.4, -0.2) is 19.9 Å². The SMILES string of the molecule is Cc1ccccc1-c1noc(=O)n1Cc1nnc(C(C)(C)C)o1. The Morgan fingerprint density at radius 2 is 1.91 bits per heavy atom. The normalized spacial score (nSPS) is 11.8. The Kier molecular flexibility index (Phi) is 3.63. The average Bonchev–Trinajstić information content (AvgIpc) is 3.08. The van der Waals surface area contributed by atoms with Crippen molar-refractivity contribution in [2.75, 3.05) is 0 Å². The molecule has 0 N–H and O–H groups in total. The number of nitrogens with zero attached hydrogens (tertiary/aromatic N) is 4. The maximum atomic E-state index is 12.0. The molecule has 0 amide bonds. The topological polar surface area (TPSA) is 87.0 Å². The molecule has 120 valence electrons. The quantitative estimate of drug-likeness (QED) is 0.738. The van der Waals surface area contributed by atoms with E-state index in [-0.39, 0.29) is 12.0 Å². The monoisotopic (exact) mass is 314 g/mol. The molecule has 0 radical (unpaired) electrons. The summed E-state index contributed by atoms with van der Waals surface area (Å²) in [7, 11) is 0. The van der Waals surface area contributed by atoms with Crippen molar-refractivity contribution in [3.63, 3.8) is 0 Å². The van der Waals surface area contributed by atoms with Gasteiger partial charge in [0.2, 0.25) is 11.8 Å². The first kappa shape index (κ1) is 15.2. The van der Waals surface area contributed by atoms with Crippen LogP contribution in [0.5, 0.6) is 0 Å². The van der Waals surface area contributed by atoms with E-state index in [0.29, 0.717) is 17.6 Å². The first-order valence-electron chi connectivity index (χ1n) is 7.31. The van der Waals surface area contributed by atoms with Crippen molar-refractivity contribution in [3.05, 3.63) is 52.2 Å². The van der Waals surface area contributed by atoms with E-state index in [4.69, 9.17) is 8.94 Å². The second-order valence-electron chi connectivity index (χ2n) is 6.42. The van der Waals surface area contributed by atoms with E-state index in [1.165, 1.54) is 4.57 Å². The van der Waals surface area contributed by atoms with Crippen molar-refractivity contribution in [3.8, 4) is 11.4 Å². The summed E-state index contributed by atoms with van der Waals surface area (Å²) in [6, 6.07) is 7.64. The van der Waals surface area contributed by atoms with Crippen molar-refractivity contribution in [2.24, 2.45) is 0 Å². The molecule has 0 aliphatic rings. The molecular formula is C16H18N4O3. The van der Waals surface area contributed by atoms with Crippen molar-refractivity contribution in [1.82, 2.24) is 19.9 Å². The molecule has 7 nitrogen and oxygen atoms in total. The molecule has 0 spiro atoms. The van der Waals surface area contributed by atoms with Crippen LogP contribution in [0.2, 0.25) is 0 Å².